The van der Waals surface area contributed by atoms with E-state index >= 15 is 0 Å². The van der Waals surface area contributed by atoms with E-state index < -0.39 is 60.4 Å². The van der Waals surface area contributed by atoms with E-state index in [9.17, 15) is 48.0 Å². The summed E-state index contributed by atoms with van der Waals surface area (Å²) < 4.78 is 42.2. The predicted molar refractivity (Wildman–Crippen MR) is 230 cm³/mol. The second kappa shape index (κ2) is 22.4. The van der Waals surface area contributed by atoms with E-state index in [1.165, 1.54) is 12.1 Å². The Kier molecular flexibility index (Phi) is 18.0. The van der Waals surface area contributed by atoms with Crippen molar-refractivity contribution in [1.82, 2.24) is 4.58 Å². The van der Waals surface area contributed by atoms with Crippen LogP contribution in [0.1, 0.15) is 45.0 Å². The minimum atomic E-state index is -5.35. The second-order valence-corrected chi connectivity index (χ2v) is 14.8. The molecule has 0 spiro atoms. The zero-order valence-corrected chi connectivity index (χ0v) is 37.3. The number of carboxylic acid groups (broad SMARTS) is 1. The number of aromatic carboxylic acids is 1. The number of allylic oxidation sites excluding steroid dienone is 1. The van der Waals surface area contributed by atoms with Crippen LogP contribution in [0.3, 0.4) is 0 Å². The molecule has 1 radical (unpaired) electrons. The fourth-order valence-electron chi connectivity index (χ4n) is 6.65. The van der Waals surface area contributed by atoms with Gasteiger partial charge in [0.1, 0.15) is 40.2 Å². The predicted octanol–water partition coefficient (Wildman–Crippen LogP) is 6.27. The number of nitro groups is 1. The van der Waals surface area contributed by atoms with Crippen LogP contribution in [-0.2, 0) is 32.3 Å². The van der Waals surface area contributed by atoms with Gasteiger partial charge in [0.25, 0.3) is 11.6 Å². The smallest absolute Gasteiger partial charge is 0.874 e. The molecule has 0 saturated carbocycles. The Morgan fingerprint density at radius 3 is 2.09 bits per heavy atom. The summed E-state index contributed by atoms with van der Waals surface area (Å²) in [5.74, 6) is -3.48. The van der Waals surface area contributed by atoms with Gasteiger partial charge in [0.15, 0.2) is 0 Å². The molecular weight excluding hydrogens is 889 g/mol. The van der Waals surface area contributed by atoms with E-state index in [4.69, 9.17) is 4.42 Å². The maximum atomic E-state index is 12.2. The number of hydrogen-bond acceptors (Lipinski definition) is 14. The van der Waals surface area contributed by atoms with Crippen LogP contribution in [0.15, 0.2) is 134 Å². The van der Waals surface area contributed by atoms with Gasteiger partial charge in [-0.05, 0) is 69.7 Å². The van der Waals surface area contributed by atoms with Crippen LogP contribution in [0, 0.1) is 10.1 Å². The number of nitrogens with zero attached hydrogens (tertiary/aromatic N) is 5. The first-order valence-electron chi connectivity index (χ1n) is 19.3. The Balaban J connectivity index is 0.000000333. The van der Waals surface area contributed by atoms with E-state index in [0.717, 1.165) is 72.0 Å². The fraction of sp³-hybridized carbons (Fsp3) is 0.205. The van der Waals surface area contributed by atoms with Gasteiger partial charge in [0.05, 0.1) is 27.1 Å². The van der Waals surface area contributed by atoms with Gasteiger partial charge in [-0.2, -0.15) is 5.11 Å². The molecule has 0 bridgehead atoms. The van der Waals surface area contributed by atoms with E-state index in [1.54, 1.807) is 30.3 Å². The number of amides is 1. The van der Waals surface area contributed by atoms with Gasteiger partial charge in [0.2, 0.25) is 5.36 Å². The number of nitro benzene ring substituents is 1. The minimum absolute atomic E-state index is 0. The van der Waals surface area contributed by atoms with Crippen molar-refractivity contribution in [2.24, 2.45) is 10.2 Å². The molecule has 1 heterocycles. The molecule has 1 aliphatic heterocycles. The molecule has 0 aromatic heterocycles. The number of benzene rings is 5. The maximum Gasteiger partial charge on any atom is 3.00 e. The first kappa shape index (κ1) is 51.4. The molecule has 1 aliphatic carbocycles. The summed E-state index contributed by atoms with van der Waals surface area (Å²) in [7, 11) is -5.35. The van der Waals surface area contributed by atoms with Gasteiger partial charge < -0.3 is 40.0 Å². The van der Waals surface area contributed by atoms with Crippen molar-refractivity contribution in [3.05, 3.63) is 136 Å². The number of rotatable bonds is 13. The van der Waals surface area contributed by atoms with E-state index in [0.29, 0.717) is 23.4 Å². The zero-order valence-electron chi connectivity index (χ0n) is 35.2. The first-order chi connectivity index (χ1) is 29.5. The van der Waals surface area contributed by atoms with Crippen LogP contribution in [0.2, 0.25) is 0 Å². The molecule has 0 fully saturated rings. The number of carboxylic acids is 1. The second-order valence-electron chi connectivity index (χ2n) is 13.5. The third-order valence-electron chi connectivity index (χ3n) is 9.71. The molecule has 1 amide bonds. The average Bonchev–Trinajstić information content (AvgIpc) is 3.24. The molecule has 4 aromatic rings. The van der Waals surface area contributed by atoms with Crippen molar-refractivity contribution in [3.63, 3.8) is 0 Å². The first-order valence-corrected chi connectivity index (χ1v) is 20.7. The Morgan fingerprint density at radius 1 is 0.875 bits per heavy atom. The summed E-state index contributed by atoms with van der Waals surface area (Å²) in [6.45, 7) is 13.1. The van der Waals surface area contributed by atoms with Crippen LogP contribution in [0.25, 0.3) is 33.4 Å². The van der Waals surface area contributed by atoms with E-state index in [1.807, 2.05) is 12.1 Å². The van der Waals surface area contributed by atoms with Crippen LogP contribution >= 0.6 is 0 Å². The number of fused-ring (bicyclic) bond motifs is 2. The van der Waals surface area contributed by atoms with Gasteiger partial charge in [-0.25, -0.2) is 17.8 Å². The number of anilines is 2. The molecule has 333 valence electrons. The average molecular weight is 932 g/mol. The summed E-state index contributed by atoms with van der Waals surface area (Å²) in [6.07, 6.45) is 0. The molecule has 4 aromatic carbocycles. The number of nitrogens with one attached hydrogen (secondary N) is 1. The molecule has 0 atom stereocenters. The normalized spacial score (nSPS) is 11.4. The van der Waals surface area contributed by atoms with Crippen LogP contribution < -0.4 is 30.4 Å². The molecule has 20 heteroatoms. The maximum absolute atomic E-state index is 12.2. The Hall–Kier alpha value is -6.95. The zero-order chi connectivity index (χ0) is 45.3. The number of carbonyl (C=O) groups excluding carboxylic acids is 1. The van der Waals surface area contributed by atoms with E-state index in [2.05, 4.69) is 89.1 Å². The summed E-state index contributed by atoms with van der Waals surface area (Å²) in [5.41, 5.74) is 2.37. The Labute approximate surface area is 378 Å². The number of para-hydroxylation sites is 1. The van der Waals surface area contributed by atoms with Crippen molar-refractivity contribution in [2.45, 2.75) is 39.5 Å². The summed E-state index contributed by atoms with van der Waals surface area (Å²) in [4.78, 5) is 35.0. The summed E-state index contributed by atoms with van der Waals surface area (Å²) >= 11 is 0. The van der Waals surface area contributed by atoms with Crippen molar-refractivity contribution in [1.29, 1.82) is 0 Å². The third kappa shape index (κ3) is 11.7. The molecule has 3 N–H and O–H groups in total. The fourth-order valence-corrected chi connectivity index (χ4v) is 7.24. The molecule has 2 aliphatic rings. The number of non-ortho nitro benzene ring substituents is 1. The standard InChI is InChI=1S/C28H30N2O3.C16H14N4O8S.Cr.H2O/c1-5-29(6-2)19-13-15-23-25(17-19)33-26-18-20(30(7-3)8-4)14-16-24(26)27(23)21-11-9-10-12-22(21)28(31)32;1-9(21)14(16(23)17-10-5-3-2-4-6-10)19-18-12-7-11(20(24)25)8-13(15(12)22)29(26,27)28;;/h9-18H,5-8H2,1-4H3;2-8,21-22H,1H3,(H,17,23)(H,26,27,28);;1H2/q;;+3;/p-3/b;14-9-,19-18?;;. The number of azo groups is 1. The van der Waals surface area contributed by atoms with Crippen molar-refractivity contribution in [2.75, 3.05) is 36.4 Å². The quantitative estimate of drug-likeness (QED) is 0.0189. The van der Waals surface area contributed by atoms with Crippen LogP contribution in [0.5, 0.6) is 5.75 Å². The van der Waals surface area contributed by atoms with Crippen LogP contribution in [-0.4, -0.2) is 66.5 Å². The molecule has 0 saturated heterocycles. The minimum Gasteiger partial charge on any atom is -0.874 e. The number of hydrogen-bond donors (Lipinski definition) is 2. The van der Waals surface area contributed by atoms with E-state index in [-0.39, 0.29) is 28.4 Å². The Morgan fingerprint density at radius 2 is 1.52 bits per heavy atom. The van der Waals surface area contributed by atoms with Crippen molar-refractivity contribution < 1.29 is 70.1 Å². The SMILES string of the molecule is C/C([O-])=C(/N=Nc1cc([N+](=O)[O-])cc(S(=O)(=O)[O-])c1[O-])C(=O)Nc1ccccc1.CCN(CC)c1ccc2c(-c3ccccc3C(=O)O)c3ccc(=[N+](CC)CC)cc-3oc2c1.[Cr+3].[OH-]. The molecular formula is C44H43CrN6O12S. The largest absolute Gasteiger partial charge is 3.00 e. The Bertz CT molecular complexity index is 2870. The van der Waals surface area contributed by atoms with Gasteiger partial charge in [-0.3, -0.25) is 14.9 Å². The van der Waals surface area contributed by atoms with Crippen molar-refractivity contribution in [3.8, 4) is 28.2 Å². The van der Waals surface area contributed by atoms with Gasteiger partial charge in [-0.1, -0.05) is 49.1 Å². The van der Waals surface area contributed by atoms with Gasteiger partial charge >= 0.3 is 23.3 Å². The monoisotopic (exact) mass is 931 g/mol. The summed E-state index contributed by atoms with van der Waals surface area (Å²) in [6, 6.07) is 28.4. The van der Waals surface area contributed by atoms with Gasteiger partial charge in [0, 0.05) is 65.2 Å². The number of carbonyl (C=O) groups is 2. The van der Waals surface area contributed by atoms with Crippen LogP contribution in [0.4, 0.5) is 22.7 Å². The summed E-state index contributed by atoms with van der Waals surface area (Å²) in [5, 5.41) is 55.6. The molecule has 6 rings (SSSR count). The van der Waals surface area contributed by atoms with Crippen molar-refractivity contribution >= 4 is 55.7 Å². The molecule has 18 nitrogen and oxygen atoms in total. The molecule has 64 heavy (non-hydrogen) atoms. The third-order valence-corrected chi connectivity index (χ3v) is 10.6. The molecule has 0 unspecified atom stereocenters. The topological polar surface area (TPSA) is 287 Å². The van der Waals surface area contributed by atoms with Gasteiger partial charge in [-0.15, -0.1) is 10.9 Å².